The SMILES string of the molecule is O=C(N[C@@H](c1ccccc1)c1ccc(Cl)cc1)[C@@H]1COc2ccccc2O1. The van der Waals surface area contributed by atoms with E-state index in [0.29, 0.717) is 16.5 Å². The van der Waals surface area contributed by atoms with E-state index in [9.17, 15) is 4.79 Å². The molecular formula is C22H18ClNO3. The lowest BCUT2D eigenvalue weighted by atomic mass is 9.98. The highest BCUT2D eigenvalue weighted by atomic mass is 35.5. The van der Waals surface area contributed by atoms with Crippen LogP contribution >= 0.6 is 11.6 Å². The minimum atomic E-state index is -0.710. The molecule has 5 heteroatoms. The lowest BCUT2D eigenvalue weighted by molar-refractivity contribution is -0.130. The van der Waals surface area contributed by atoms with Gasteiger partial charge in [-0.15, -0.1) is 0 Å². The van der Waals surface area contributed by atoms with Crippen LogP contribution in [0.25, 0.3) is 0 Å². The number of hydrogen-bond acceptors (Lipinski definition) is 3. The third kappa shape index (κ3) is 3.91. The van der Waals surface area contributed by atoms with Crippen LogP contribution < -0.4 is 14.8 Å². The summed E-state index contributed by atoms with van der Waals surface area (Å²) in [5.74, 6) is 0.999. The van der Waals surface area contributed by atoms with Crippen molar-refractivity contribution in [3.63, 3.8) is 0 Å². The van der Waals surface area contributed by atoms with Gasteiger partial charge in [-0.25, -0.2) is 0 Å². The molecule has 27 heavy (non-hydrogen) atoms. The highest BCUT2D eigenvalue weighted by Gasteiger charge is 2.29. The molecule has 0 saturated heterocycles. The van der Waals surface area contributed by atoms with Gasteiger partial charge >= 0.3 is 0 Å². The molecule has 3 aromatic rings. The fourth-order valence-corrected chi connectivity index (χ4v) is 3.17. The van der Waals surface area contributed by atoms with Crippen LogP contribution in [0, 0.1) is 0 Å². The Morgan fingerprint density at radius 1 is 0.889 bits per heavy atom. The Balaban J connectivity index is 1.57. The Hall–Kier alpha value is -2.98. The number of ether oxygens (including phenoxy) is 2. The monoisotopic (exact) mass is 379 g/mol. The maximum atomic E-state index is 12.9. The van der Waals surface area contributed by atoms with E-state index < -0.39 is 6.10 Å². The van der Waals surface area contributed by atoms with Gasteiger partial charge in [-0.1, -0.05) is 66.2 Å². The molecule has 4 nitrogen and oxygen atoms in total. The fourth-order valence-electron chi connectivity index (χ4n) is 3.04. The third-order valence-electron chi connectivity index (χ3n) is 4.42. The van der Waals surface area contributed by atoms with Crippen LogP contribution in [0.5, 0.6) is 11.5 Å². The van der Waals surface area contributed by atoms with E-state index in [1.807, 2.05) is 72.8 Å². The standard InChI is InChI=1S/C22H18ClNO3/c23-17-12-10-16(11-13-17)21(15-6-2-1-3-7-15)24-22(25)20-14-26-18-8-4-5-9-19(18)27-20/h1-13,20-21H,14H2,(H,24,25)/t20-,21-/m0/s1. The van der Waals surface area contributed by atoms with Gasteiger partial charge in [0.15, 0.2) is 11.5 Å². The number of carbonyl (C=O) groups excluding carboxylic acids is 1. The third-order valence-corrected chi connectivity index (χ3v) is 4.68. The van der Waals surface area contributed by atoms with Crippen LogP contribution in [0.4, 0.5) is 0 Å². The first-order valence-corrected chi connectivity index (χ1v) is 9.08. The molecule has 1 amide bonds. The Morgan fingerprint density at radius 2 is 1.52 bits per heavy atom. The number of amides is 1. The zero-order valence-corrected chi connectivity index (χ0v) is 15.2. The average Bonchev–Trinajstić information content (AvgIpc) is 2.73. The van der Waals surface area contributed by atoms with E-state index in [1.165, 1.54) is 0 Å². The van der Waals surface area contributed by atoms with Crippen molar-refractivity contribution in [1.82, 2.24) is 5.32 Å². The molecule has 0 unspecified atom stereocenters. The number of nitrogens with one attached hydrogen (secondary N) is 1. The summed E-state index contributed by atoms with van der Waals surface area (Å²) in [5.41, 5.74) is 1.92. The molecule has 0 bridgehead atoms. The van der Waals surface area contributed by atoms with Crippen LogP contribution in [0.1, 0.15) is 17.2 Å². The quantitative estimate of drug-likeness (QED) is 0.731. The maximum absolute atomic E-state index is 12.9. The minimum Gasteiger partial charge on any atom is -0.485 e. The summed E-state index contributed by atoms with van der Waals surface area (Å²) in [6, 6.07) is 24.3. The Kier molecular flexibility index (Phi) is 4.99. The molecule has 1 N–H and O–H groups in total. The summed E-state index contributed by atoms with van der Waals surface area (Å²) >= 11 is 6.01. The first kappa shape index (κ1) is 17.4. The minimum absolute atomic E-state index is 0.172. The second-order valence-corrected chi connectivity index (χ2v) is 6.70. The molecular weight excluding hydrogens is 362 g/mol. The van der Waals surface area contributed by atoms with Gasteiger partial charge in [0.2, 0.25) is 6.10 Å². The van der Waals surface area contributed by atoms with Crippen molar-refractivity contribution >= 4 is 17.5 Å². The summed E-state index contributed by atoms with van der Waals surface area (Å²) in [7, 11) is 0. The van der Waals surface area contributed by atoms with Crippen LogP contribution in [0.2, 0.25) is 5.02 Å². The van der Waals surface area contributed by atoms with Crippen molar-refractivity contribution in [2.75, 3.05) is 6.61 Å². The van der Waals surface area contributed by atoms with Crippen LogP contribution in [-0.2, 0) is 4.79 Å². The van der Waals surface area contributed by atoms with E-state index in [4.69, 9.17) is 21.1 Å². The van der Waals surface area contributed by atoms with Crippen molar-refractivity contribution in [2.24, 2.45) is 0 Å². The van der Waals surface area contributed by atoms with Gasteiger partial charge in [0.05, 0.1) is 6.04 Å². The number of rotatable bonds is 4. The number of carbonyl (C=O) groups is 1. The van der Waals surface area contributed by atoms with Crippen LogP contribution in [0.15, 0.2) is 78.9 Å². The first-order valence-electron chi connectivity index (χ1n) is 8.70. The Labute approximate surface area is 162 Å². The molecule has 0 saturated carbocycles. The molecule has 3 aromatic carbocycles. The summed E-state index contributed by atoms with van der Waals surface area (Å²) < 4.78 is 11.5. The zero-order chi connectivity index (χ0) is 18.6. The van der Waals surface area contributed by atoms with Crippen molar-refractivity contribution in [3.8, 4) is 11.5 Å². The van der Waals surface area contributed by atoms with E-state index in [2.05, 4.69) is 5.32 Å². The number of fused-ring (bicyclic) bond motifs is 1. The predicted octanol–water partition coefficient (Wildman–Crippen LogP) is 4.39. The highest BCUT2D eigenvalue weighted by Crippen LogP contribution is 2.31. The fraction of sp³-hybridized carbons (Fsp3) is 0.136. The molecule has 1 aliphatic rings. The van der Waals surface area contributed by atoms with Gasteiger partial charge in [-0.3, -0.25) is 4.79 Å². The van der Waals surface area contributed by atoms with Crippen molar-refractivity contribution in [2.45, 2.75) is 12.1 Å². The molecule has 4 rings (SSSR count). The van der Waals surface area contributed by atoms with E-state index in [0.717, 1.165) is 11.1 Å². The average molecular weight is 380 g/mol. The Morgan fingerprint density at radius 3 is 2.26 bits per heavy atom. The first-order chi connectivity index (χ1) is 13.2. The van der Waals surface area contributed by atoms with Crippen molar-refractivity contribution in [3.05, 3.63) is 95.0 Å². The molecule has 136 valence electrons. The predicted molar refractivity (Wildman–Crippen MR) is 104 cm³/mol. The van der Waals surface area contributed by atoms with Gasteiger partial charge in [0, 0.05) is 5.02 Å². The summed E-state index contributed by atoms with van der Waals surface area (Å²) in [4.78, 5) is 12.9. The van der Waals surface area contributed by atoms with Crippen LogP contribution in [0.3, 0.4) is 0 Å². The number of halogens is 1. The largest absolute Gasteiger partial charge is 0.485 e. The molecule has 1 aliphatic heterocycles. The zero-order valence-electron chi connectivity index (χ0n) is 14.5. The van der Waals surface area contributed by atoms with Crippen LogP contribution in [-0.4, -0.2) is 18.6 Å². The molecule has 1 heterocycles. The number of para-hydroxylation sites is 2. The second-order valence-electron chi connectivity index (χ2n) is 6.27. The smallest absolute Gasteiger partial charge is 0.265 e. The maximum Gasteiger partial charge on any atom is 0.265 e. The summed E-state index contributed by atoms with van der Waals surface area (Å²) in [5, 5.41) is 3.73. The summed E-state index contributed by atoms with van der Waals surface area (Å²) in [6.07, 6.45) is -0.710. The molecule has 2 atom stereocenters. The van der Waals surface area contributed by atoms with Crippen molar-refractivity contribution < 1.29 is 14.3 Å². The van der Waals surface area contributed by atoms with E-state index in [1.54, 1.807) is 6.07 Å². The highest BCUT2D eigenvalue weighted by molar-refractivity contribution is 6.30. The Bertz CT molecular complexity index is 928. The molecule has 0 fully saturated rings. The van der Waals surface area contributed by atoms with Crippen molar-refractivity contribution in [1.29, 1.82) is 0 Å². The normalized spacial score (nSPS) is 16.4. The molecule has 0 radical (unpaired) electrons. The molecule has 0 spiro atoms. The second kappa shape index (κ2) is 7.72. The lowest BCUT2D eigenvalue weighted by Crippen LogP contribution is -2.45. The van der Waals surface area contributed by atoms with Gasteiger partial charge in [-0.05, 0) is 35.4 Å². The number of benzene rings is 3. The van der Waals surface area contributed by atoms with E-state index in [-0.39, 0.29) is 18.6 Å². The molecule has 0 aromatic heterocycles. The van der Waals surface area contributed by atoms with Gasteiger partial charge in [0.1, 0.15) is 6.61 Å². The van der Waals surface area contributed by atoms with E-state index >= 15 is 0 Å². The van der Waals surface area contributed by atoms with Gasteiger partial charge in [0.25, 0.3) is 5.91 Å². The molecule has 0 aliphatic carbocycles. The van der Waals surface area contributed by atoms with Gasteiger partial charge < -0.3 is 14.8 Å². The summed E-state index contributed by atoms with van der Waals surface area (Å²) in [6.45, 7) is 0.172. The number of hydrogen-bond donors (Lipinski definition) is 1. The van der Waals surface area contributed by atoms with Gasteiger partial charge in [-0.2, -0.15) is 0 Å². The lowest BCUT2D eigenvalue weighted by Gasteiger charge is -2.28. The topological polar surface area (TPSA) is 47.6 Å².